The van der Waals surface area contributed by atoms with Gasteiger partial charge in [0.05, 0.1) is 28.3 Å². The number of methoxy groups -OCH3 is 1. The van der Waals surface area contributed by atoms with Gasteiger partial charge < -0.3 is 10.1 Å². The van der Waals surface area contributed by atoms with Crippen molar-refractivity contribution in [2.45, 2.75) is 17.7 Å². The average Bonchev–Trinajstić information content (AvgIpc) is 3.35. The zero-order valence-electron chi connectivity index (χ0n) is 17.4. The van der Waals surface area contributed by atoms with Crippen molar-refractivity contribution < 1.29 is 17.9 Å². The molecule has 1 aromatic heterocycles. The van der Waals surface area contributed by atoms with Crippen LogP contribution in [0.5, 0.6) is 5.75 Å². The lowest BCUT2D eigenvalue weighted by molar-refractivity contribution is 0.102. The van der Waals surface area contributed by atoms with Crippen molar-refractivity contribution in [3.8, 4) is 17.0 Å². The summed E-state index contributed by atoms with van der Waals surface area (Å²) in [5, 5.41) is 3.28. The standard InChI is InChI=1S/C23H22ClN3O4S/c1-31-21-15-16(22-20(24)5-4-12-25-22)6-11-19(21)23(28)26-17-7-9-18(10-8-17)32(29,30)27-13-2-3-14-27/h4-12,15H,2-3,13-14H2,1H3,(H,26,28). The molecule has 1 aliphatic heterocycles. The lowest BCUT2D eigenvalue weighted by atomic mass is 10.1. The summed E-state index contributed by atoms with van der Waals surface area (Å²) in [6.45, 7) is 1.08. The van der Waals surface area contributed by atoms with Gasteiger partial charge in [0.2, 0.25) is 10.0 Å². The first-order chi connectivity index (χ1) is 15.4. The molecule has 0 saturated carbocycles. The number of carbonyl (C=O) groups is 1. The van der Waals surface area contributed by atoms with Crippen molar-refractivity contribution in [2.24, 2.45) is 0 Å². The van der Waals surface area contributed by atoms with Crippen LogP contribution in [0.3, 0.4) is 0 Å². The number of anilines is 1. The van der Waals surface area contributed by atoms with Crippen LogP contribution in [0, 0.1) is 0 Å². The predicted molar refractivity (Wildman–Crippen MR) is 124 cm³/mol. The molecule has 9 heteroatoms. The van der Waals surface area contributed by atoms with Crippen LogP contribution in [0.2, 0.25) is 5.02 Å². The number of hydrogen-bond donors (Lipinski definition) is 1. The first-order valence-electron chi connectivity index (χ1n) is 10.1. The van der Waals surface area contributed by atoms with Gasteiger partial charge >= 0.3 is 0 Å². The molecule has 3 aromatic rings. The van der Waals surface area contributed by atoms with Crippen LogP contribution >= 0.6 is 11.6 Å². The Morgan fingerprint density at radius 3 is 2.47 bits per heavy atom. The van der Waals surface area contributed by atoms with E-state index in [2.05, 4.69) is 10.3 Å². The van der Waals surface area contributed by atoms with Gasteiger partial charge in [-0.2, -0.15) is 4.31 Å². The van der Waals surface area contributed by atoms with Gasteiger partial charge in [-0.25, -0.2) is 8.42 Å². The summed E-state index contributed by atoms with van der Waals surface area (Å²) >= 11 is 6.22. The molecule has 1 N–H and O–H groups in total. The summed E-state index contributed by atoms with van der Waals surface area (Å²) in [6, 6.07) is 14.7. The van der Waals surface area contributed by atoms with Gasteiger partial charge in [0.15, 0.2) is 0 Å². The molecule has 2 heterocycles. The molecule has 32 heavy (non-hydrogen) atoms. The van der Waals surface area contributed by atoms with Crippen LogP contribution in [0.15, 0.2) is 65.7 Å². The molecule has 1 aliphatic rings. The van der Waals surface area contributed by atoms with E-state index in [9.17, 15) is 13.2 Å². The van der Waals surface area contributed by atoms with Gasteiger partial charge in [0.1, 0.15) is 5.75 Å². The summed E-state index contributed by atoms with van der Waals surface area (Å²) in [4.78, 5) is 17.3. The van der Waals surface area contributed by atoms with Gasteiger partial charge in [-0.1, -0.05) is 17.7 Å². The maximum atomic E-state index is 12.8. The fourth-order valence-electron chi connectivity index (χ4n) is 3.61. The normalized spacial score (nSPS) is 14.3. The molecule has 0 aliphatic carbocycles. The second-order valence-electron chi connectivity index (χ2n) is 7.34. The third-order valence-corrected chi connectivity index (χ3v) is 7.51. The maximum absolute atomic E-state index is 12.8. The molecule has 0 spiro atoms. The number of aromatic nitrogens is 1. The Balaban J connectivity index is 1.53. The molecule has 2 aromatic carbocycles. The van der Waals surface area contributed by atoms with Crippen LogP contribution < -0.4 is 10.1 Å². The van der Waals surface area contributed by atoms with Gasteiger partial charge in [-0.3, -0.25) is 9.78 Å². The molecular formula is C23H22ClN3O4S. The first-order valence-corrected chi connectivity index (χ1v) is 11.9. The number of ether oxygens (including phenoxy) is 1. The van der Waals surface area contributed by atoms with E-state index in [0.29, 0.717) is 40.8 Å². The SMILES string of the molecule is COc1cc(-c2ncccc2Cl)ccc1C(=O)Nc1ccc(S(=O)(=O)N2CCCC2)cc1. The largest absolute Gasteiger partial charge is 0.496 e. The smallest absolute Gasteiger partial charge is 0.259 e. The molecule has 1 saturated heterocycles. The van der Waals surface area contributed by atoms with E-state index >= 15 is 0 Å². The second kappa shape index (κ2) is 9.28. The predicted octanol–water partition coefficient (Wildman–Crippen LogP) is 4.45. The summed E-state index contributed by atoms with van der Waals surface area (Å²) < 4.78 is 32.2. The number of halogens is 1. The van der Waals surface area contributed by atoms with Crippen molar-refractivity contribution in [1.29, 1.82) is 0 Å². The number of benzene rings is 2. The minimum atomic E-state index is -3.50. The van der Waals surface area contributed by atoms with Crippen LogP contribution in [0.25, 0.3) is 11.3 Å². The first kappa shape index (κ1) is 22.3. The molecule has 166 valence electrons. The zero-order chi connectivity index (χ0) is 22.7. The zero-order valence-corrected chi connectivity index (χ0v) is 19.0. The second-order valence-corrected chi connectivity index (χ2v) is 9.68. The highest BCUT2D eigenvalue weighted by atomic mass is 35.5. The molecule has 1 amide bonds. The monoisotopic (exact) mass is 471 g/mol. The third kappa shape index (κ3) is 4.48. The Kier molecular flexibility index (Phi) is 6.45. The van der Waals surface area contributed by atoms with E-state index < -0.39 is 10.0 Å². The number of sulfonamides is 1. The van der Waals surface area contributed by atoms with Crippen molar-refractivity contribution in [1.82, 2.24) is 9.29 Å². The lowest BCUT2D eigenvalue weighted by Crippen LogP contribution is -2.27. The maximum Gasteiger partial charge on any atom is 0.259 e. The highest BCUT2D eigenvalue weighted by Gasteiger charge is 2.27. The van der Waals surface area contributed by atoms with Crippen LogP contribution in [0.4, 0.5) is 5.69 Å². The van der Waals surface area contributed by atoms with E-state index in [1.54, 1.807) is 48.7 Å². The van der Waals surface area contributed by atoms with Crippen LogP contribution in [0.1, 0.15) is 23.2 Å². The Labute approximate surface area is 192 Å². The molecule has 4 rings (SSSR count). The Hall–Kier alpha value is -2.94. The van der Waals surface area contributed by atoms with Crippen molar-refractivity contribution >= 4 is 33.2 Å². The van der Waals surface area contributed by atoms with Crippen LogP contribution in [-0.4, -0.2) is 43.8 Å². The van der Waals surface area contributed by atoms with Gasteiger partial charge in [0.25, 0.3) is 5.91 Å². The van der Waals surface area contributed by atoms with Gasteiger partial charge in [-0.05, 0) is 61.4 Å². The highest BCUT2D eigenvalue weighted by Crippen LogP contribution is 2.31. The number of nitrogens with one attached hydrogen (secondary N) is 1. The topological polar surface area (TPSA) is 88.6 Å². The minimum absolute atomic E-state index is 0.214. The van der Waals surface area contributed by atoms with E-state index in [1.165, 1.54) is 23.5 Å². The summed E-state index contributed by atoms with van der Waals surface area (Å²) in [5.41, 5.74) is 2.13. The number of amides is 1. The number of carbonyl (C=O) groups excluding carboxylic acids is 1. The number of rotatable bonds is 6. The van der Waals surface area contributed by atoms with E-state index in [1.807, 2.05) is 0 Å². The van der Waals surface area contributed by atoms with Gasteiger partial charge in [0, 0.05) is 30.5 Å². The molecule has 0 unspecified atom stereocenters. The molecule has 0 bridgehead atoms. The summed E-state index contributed by atoms with van der Waals surface area (Å²) in [5.74, 6) is -0.00869. The molecule has 0 atom stereocenters. The van der Waals surface area contributed by atoms with Gasteiger partial charge in [-0.15, -0.1) is 0 Å². The molecule has 1 fully saturated rings. The molecular weight excluding hydrogens is 450 g/mol. The third-order valence-electron chi connectivity index (χ3n) is 5.29. The Bertz CT molecular complexity index is 1240. The van der Waals surface area contributed by atoms with Crippen molar-refractivity contribution in [3.05, 3.63) is 71.4 Å². The Morgan fingerprint density at radius 2 is 1.81 bits per heavy atom. The average molecular weight is 472 g/mol. The van der Waals surface area contributed by atoms with E-state index in [0.717, 1.165) is 18.4 Å². The Morgan fingerprint density at radius 1 is 1.09 bits per heavy atom. The fourth-order valence-corrected chi connectivity index (χ4v) is 5.36. The minimum Gasteiger partial charge on any atom is -0.496 e. The van der Waals surface area contributed by atoms with Crippen molar-refractivity contribution in [2.75, 3.05) is 25.5 Å². The quantitative estimate of drug-likeness (QED) is 0.573. The lowest BCUT2D eigenvalue weighted by Gasteiger charge is -2.16. The number of pyridine rings is 1. The van der Waals surface area contributed by atoms with Crippen molar-refractivity contribution in [3.63, 3.8) is 0 Å². The number of hydrogen-bond acceptors (Lipinski definition) is 5. The molecule has 7 nitrogen and oxygen atoms in total. The van der Waals surface area contributed by atoms with Crippen LogP contribution in [-0.2, 0) is 10.0 Å². The number of nitrogens with zero attached hydrogens (tertiary/aromatic N) is 2. The molecule has 0 radical (unpaired) electrons. The fraction of sp³-hybridized carbons (Fsp3) is 0.217. The summed E-state index contributed by atoms with van der Waals surface area (Å²) in [6.07, 6.45) is 3.39. The highest BCUT2D eigenvalue weighted by molar-refractivity contribution is 7.89. The van der Waals surface area contributed by atoms with E-state index in [4.69, 9.17) is 16.3 Å². The van der Waals surface area contributed by atoms with E-state index in [-0.39, 0.29) is 10.8 Å². The summed E-state index contributed by atoms with van der Waals surface area (Å²) in [7, 11) is -2.02.